The summed E-state index contributed by atoms with van der Waals surface area (Å²) in [5.41, 5.74) is 2.06. The van der Waals surface area contributed by atoms with Gasteiger partial charge in [0.05, 0.1) is 26.0 Å². The number of hydrogen-bond donors (Lipinski definition) is 2. The van der Waals surface area contributed by atoms with E-state index in [0.717, 1.165) is 5.56 Å². The summed E-state index contributed by atoms with van der Waals surface area (Å²) in [5.74, 6) is 1.08. The van der Waals surface area contributed by atoms with Crippen LogP contribution in [0.3, 0.4) is 0 Å². The molecule has 0 aromatic carbocycles. The van der Waals surface area contributed by atoms with Crippen molar-refractivity contribution in [3.8, 4) is 5.88 Å². The molecule has 0 aliphatic rings. The minimum absolute atomic E-state index is 0.408. The summed E-state index contributed by atoms with van der Waals surface area (Å²) in [5, 5.41) is 14.1. The van der Waals surface area contributed by atoms with Crippen molar-refractivity contribution in [3.63, 3.8) is 0 Å². The van der Waals surface area contributed by atoms with Gasteiger partial charge in [0, 0.05) is 12.3 Å². The van der Waals surface area contributed by atoms with Gasteiger partial charge in [0.2, 0.25) is 11.8 Å². The van der Waals surface area contributed by atoms with E-state index in [0.29, 0.717) is 35.2 Å². The molecule has 126 valence electrons. The maximum Gasteiger partial charge on any atom is 0.212 e. The lowest BCUT2D eigenvalue weighted by Crippen LogP contribution is -2.04. The highest BCUT2D eigenvalue weighted by Crippen LogP contribution is 2.18. The van der Waals surface area contributed by atoms with E-state index in [2.05, 4.69) is 35.6 Å². The molecule has 2 N–H and O–H groups in total. The third-order valence-corrected chi connectivity index (χ3v) is 3.50. The molecule has 0 aliphatic carbocycles. The smallest absolute Gasteiger partial charge is 0.212 e. The second-order valence-electron chi connectivity index (χ2n) is 5.20. The summed E-state index contributed by atoms with van der Waals surface area (Å²) in [4.78, 5) is 12.5. The van der Waals surface area contributed by atoms with Crippen molar-refractivity contribution in [1.29, 1.82) is 0 Å². The van der Waals surface area contributed by atoms with Crippen LogP contribution in [-0.2, 0) is 6.54 Å². The molecule has 4 rings (SSSR count). The molecule has 4 aromatic rings. The zero-order chi connectivity index (χ0) is 17.2. The zero-order valence-corrected chi connectivity index (χ0v) is 13.1. The van der Waals surface area contributed by atoms with Crippen LogP contribution < -0.4 is 10.1 Å². The fourth-order valence-corrected chi connectivity index (χ4v) is 2.30. The van der Waals surface area contributed by atoms with Gasteiger partial charge in [0.25, 0.3) is 0 Å². The van der Waals surface area contributed by atoms with Gasteiger partial charge in [0.1, 0.15) is 5.52 Å². The van der Waals surface area contributed by atoms with Crippen molar-refractivity contribution in [2.24, 2.45) is 0 Å². The lowest BCUT2D eigenvalue weighted by Gasteiger charge is -2.05. The second kappa shape index (κ2) is 6.15. The van der Waals surface area contributed by atoms with Crippen molar-refractivity contribution in [2.75, 3.05) is 12.4 Å². The lowest BCUT2D eigenvalue weighted by atomic mass is 10.3. The first kappa shape index (κ1) is 15.0. The highest BCUT2D eigenvalue weighted by Gasteiger charge is 2.09. The van der Waals surface area contributed by atoms with Crippen LogP contribution in [0.5, 0.6) is 5.88 Å². The molecule has 0 radical (unpaired) electrons. The Morgan fingerprint density at radius 1 is 1.20 bits per heavy atom. The quantitative estimate of drug-likeness (QED) is 0.534. The molecule has 4 aromatic heterocycles. The van der Waals surface area contributed by atoms with Crippen molar-refractivity contribution in [1.82, 2.24) is 34.9 Å². The van der Waals surface area contributed by atoms with E-state index in [1.807, 2.05) is 0 Å². The molecule has 4 heterocycles. The van der Waals surface area contributed by atoms with Gasteiger partial charge in [-0.25, -0.2) is 24.7 Å². The first-order valence-corrected chi connectivity index (χ1v) is 7.37. The molecule has 0 saturated heterocycles. The van der Waals surface area contributed by atoms with Gasteiger partial charge in [-0.05, 0) is 11.6 Å². The van der Waals surface area contributed by atoms with Crippen LogP contribution in [0.4, 0.5) is 16.0 Å². The molecule has 0 amide bonds. The molecule has 0 spiro atoms. The summed E-state index contributed by atoms with van der Waals surface area (Å²) in [7, 11) is 1.55. The maximum atomic E-state index is 12.9. The van der Waals surface area contributed by atoms with E-state index in [1.54, 1.807) is 36.3 Å². The van der Waals surface area contributed by atoms with E-state index >= 15 is 0 Å². The number of aromatic nitrogens is 7. The molecule has 9 nitrogen and oxygen atoms in total. The molecule has 0 saturated carbocycles. The van der Waals surface area contributed by atoms with Gasteiger partial charge >= 0.3 is 0 Å². The monoisotopic (exact) mass is 340 g/mol. The van der Waals surface area contributed by atoms with Crippen LogP contribution in [0.15, 0.2) is 36.8 Å². The van der Waals surface area contributed by atoms with Crippen LogP contribution in [0.2, 0.25) is 0 Å². The summed E-state index contributed by atoms with van der Waals surface area (Å²) in [6.07, 6.45) is 4.68. The van der Waals surface area contributed by atoms with E-state index < -0.39 is 5.95 Å². The Labute approximate surface area is 140 Å². The molecule has 0 fully saturated rings. The van der Waals surface area contributed by atoms with Crippen LogP contribution >= 0.6 is 0 Å². The van der Waals surface area contributed by atoms with Gasteiger partial charge in [-0.2, -0.15) is 14.6 Å². The molecule has 0 atom stereocenters. The van der Waals surface area contributed by atoms with E-state index in [1.165, 1.54) is 12.3 Å². The molecular weight excluding hydrogens is 327 g/mol. The van der Waals surface area contributed by atoms with Gasteiger partial charge in [-0.3, -0.25) is 0 Å². The Balaban J connectivity index is 1.61. The normalized spacial score (nSPS) is 11.0. The summed E-state index contributed by atoms with van der Waals surface area (Å²) >= 11 is 0. The minimum Gasteiger partial charge on any atom is -0.481 e. The van der Waals surface area contributed by atoms with Crippen LogP contribution in [0.1, 0.15) is 5.56 Å². The third kappa shape index (κ3) is 3.09. The lowest BCUT2D eigenvalue weighted by molar-refractivity contribution is 0.397. The Kier molecular flexibility index (Phi) is 3.69. The number of nitrogens with zero attached hydrogens (tertiary/aromatic N) is 6. The first-order valence-electron chi connectivity index (χ1n) is 7.37. The predicted molar refractivity (Wildman–Crippen MR) is 87.0 cm³/mol. The average Bonchev–Trinajstić information content (AvgIpc) is 3.24. The second-order valence-corrected chi connectivity index (χ2v) is 5.20. The molecule has 0 unspecified atom stereocenters. The molecule has 25 heavy (non-hydrogen) atoms. The van der Waals surface area contributed by atoms with Crippen molar-refractivity contribution in [2.45, 2.75) is 6.54 Å². The Bertz CT molecular complexity index is 1010. The number of methoxy groups -OCH3 is 1. The van der Waals surface area contributed by atoms with E-state index in [9.17, 15) is 4.39 Å². The fourth-order valence-electron chi connectivity index (χ4n) is 2.30. The number of pyridine rings is 1. The number of fused-ring (bicyclic) bond motifs is 1. The van der Waals surface area contributed by atoms with Crippen LogP contribution in [-0.4, -0.2) is 42.0 Å². The number of nitrogens with one attached hydrogen (secondary N) is 2. The van der Waals surface area contributed by atoms with Gasteiger partial charge in [0.15, 0.2) is 17.3 Å². The van der Waals surface area contributed by atoms with Crippen LogP contribution in [0, 0.1) is 5.95 Å². The number of hydrogen-bond acceptors (Lipinski definition) is 7. The number of anilines is 2. The highest BCUT2D eigenvalue weighted by molar-refractivity contribution is 5.72. The summed E-state index contributed by atoms with van der Waals surface area (Å²) in [6.45, 7) is 0.408. The van der Waals surface area contributed by atoms with Gasteiger partial charge < -0.3 is 10.1 Å². The minimum atomic E-state index is -0.519. The van der Waals surface area contributed by atoms with Crippen LogP contribution in [0.25, 0.3) is 11.2 Å². The van der Waals surface area contributed by atoms with Gasteiger partial charge in [-0.1, -0.05) is 6.07 Å². The average molecular weight is 340 g/mol. The number of aromatic amines is 1. The summed E-state index contributed by atoms with van der Waals surface area (Å²) < 4.78 is 19.6. The number of rotatable bonds is 5. The number of halogens is 1. The topological polar surface area (TPSA) is 106 Å². The summed E-state index contributed by atoms with van der Waals surface area (Å²) in [6, 6.07) is 4.67. The Morgan fingerprint density at radius 2 is 2.12 bits per heavy atom. The van der Waals surface area contributed by atoms with Crippen molar-refractivity contribution < 1.29 is 9.13 Å². The molecule has 0 bridgehead atoms. The van der Waals surface area contributed by atoms with Crippen molar-refractivity contribution in [3.05, 3.63) is 48.3 Å². The number of ether oxygens (including phenoxy) is 1. The first-order chi connectivity index (χ1) is 12.2. The van der Waals surface area contributed by atoms with E-state index in [4.69, 9.17) is 4.74 Å². The number of H-pyrrole nitrogens is 1. The maximum absolute atomic E-state index is 12.9. The Hall–Kier alpha value is -3.56. The SMILES string of the molecule is COc1cc(Nc2cnc3cnn(Cc4ccc(F)nc4)c3n2)n[nH]1. The fraction of sp³-hybridized carbons (Fsp3) is 0.133. The largest absolute Gasteiger partial charge is 0.481 e. The highest BCUT2D eigenvalue weighted by atomic mass is 19.1. The van der Waals surface area contributed by atoms with E-state index in [-0.39, 0.29) is 0 Å². The molecule has 0 aliphatic heterocycles. The molecule has 10 heteroatoms. The standard InChI is InChI=1S/C15H13FN8O/c1-25-14-4-12(22-23-14)20-13-7-17-10-6-19-24(15(10)21-13)8-9-2-3-11(16)18-5-9/h2-7H,8H2,1H3,(H2,20,21,22,23). The van der Waals surface area contributed by atoms with Gasteiger partial charge in [-0.15, -0.1) is 0 Å². The predicted octanol–water partition coefficient (Wildman–Crippen LogP) is 1.88. The third-order valence-electron chi connectivity index (χ3n) is 3.50. The Morgan fingerprint density at radius 3 is 2.88 bits per heavy atom. The molecular formula is C15H13FN8O. The van der Waals surface area contributed by atoms with Crippen molar-refractivity contribution >= 4 is 22.8 Å². The zero-order valence-electron chi connectivity index (χ0n) is 13.1.